The minimum atomic E-state index is -3.86. The van der Waals surface area contributed by atoms with Gasteiger partial charge in [-0.15, -0.1) is 0 Å². The molecular weight excluding hydrogens is 295 g/mol. The number of aryl methyl sites for hydroxylation is 1. The molecule has 5 nitrogen and oxygen atoms in total. The zero-order valence-corrected chi connectivity index (χ0v) is 11.9. The number of nitrogens with two attached hydrogens (primary N) is 1. The molecule has 0 aliphatic rings. The molecule has 7 heteroatoms. The van der Waals surface area contributed by atoms with Crippen molar-refractivity contribution < 1.29 is 17.6 Å². The van der Waals surface area contributed by atoms with Crippen molar-refractivity contribution in [3.8, 4) is 0 Å². The van der Waals surface area contributed by atoms with Crippen LogP contribution in [0, 0.1) is 12.7 Å². The minimum absolute atomic E-state index is 0.0398. The largest absolute Gasteiger partial charge is 0.366 e. The molecule has 110 valence electrons. The number of anilines is 1. The standard InChI is InChI=1S/C14H13FN2O3S/c1-9-2-4-13(5-3-9)21(19,20)17-12-7-10(14(16)18)6-11(15)8-12/h2-8,17H,1H3,(H2,16,18). The molecule has 2 aromatic rings. The number of amides is 1. The number of benzene rings is 2. The van der Waals surface area contributed by atoms with E-state index in [4.69, 9.17) is 5.73 Å². The zero-order valence-electron chi connectivity index (χ0n) is 11.1. The summed E-state index contributed by atoms with van der Waals surface area (Å²) >= 11 is 0. The van der Waals surface area contributed by atoms with Crippen molar-refractivity contribution in [3.63, 3.8) is 0 Å². The fraction of sp³-hybridized carbons (Fsp3) is 0.0714. The number of hydrogen-bond donors (Lipinski definition) is 2. The summed E-state index contributed by atoms with van der Waals surface area (Å²) in [5.74, 6) is -1.60. The Hall–Kier alpha value is -2.41. The third-order valence-corrected chi connectivity index (χ3v) is 4.16. The van der Waals surface area contributed by atoms with Crippen molar-refractivity contribution in [3.05, 3.63) is 59.4 Å². The van der Waals surface area contributed by atoms with Crippen LogP contribution in [0.4, 0.5) is 10.1 Å². The summed E-state index contributed by atoms with van der Waals surface area (Å²) in [6.07, 6.45) is 0. The van der Waals surface area contributed by atoms with Crippen molar-refractivity contribution in [2.45, 2.75) is 11.8 Å². The second-order valence-corrected chi connectivity index (χ2v) is 6.19. The summed E-state index contributed by atoms with van der Waals surface area (Å²) in [5, 5.41) is 0. The highest BCUT2D eigenvalue weighted by atomic mass is 32.2. The van der Waals surface area contributed by atoms with Crippen LogP contribution in [0.3, 0.4) is 0 Å². The topological polar surface area (TPSA) is 89.3 Å². The van der Waals surface area contributed by atoms with Gasteiger partial charge >= 0.3 is 0 Å². The Morgan fingerprint density at radius 3 is 2.33 bits per heavy atom. The van der Waals surface area contributed by atoms with Gasteiger partial charge in [0.05, 0.1) is 10.6 Å². The first-order chi connectivity index (χ1) is 9.78. The molecule has 0 atom stereocenters. The first-order valence-corrected chi connectivity index (χ1v) is 7.46. The average molecular weight is 308 g/mol. The zero-order chi connectivity index (χ0) is 15.6. The number of carbonyl (C=O) groups is 1. The molecule has 0 unspecified atom stereocenters. The van der Waals surface area contributed by atoms with Crippen molar-refractivity contribution in [2.75, 3.05) is 4.72 Å². The van der Waals surface area contributed by atoms with Gasteiger partial charge in [0.2, 0.25) is 5.91 Å². The van der Waals surface area contributed by atoms with E-state index in [1.54, 1.807) is 12.1 Å². The van der Waals surface area contributed by atoms with Crippen molar-refractivity contribution in [1.82, 2.24) is 0 Å². The Balaban J connectivity index is 2.36. The molecule has 0 fully saturated rings. The fourth-order valence-electron chi connectivity index (χ4n) is 1.72. The van der Waals surface area contributed by atoms with Gasteiger partial charge in [-0.25, -0.2) is 12.8 Å². The number of hydrogen-bond acceptors (Lipinski definition) is 3. The number of sulfonamides is 1. The van der Waals surface area contributed by atoms with Gasteiger partial charge in [0.1, 0.15) is 5.82 Å². The molecular formula is C14H13FN2O3S. The van der Waals surface area contributed by atoms with Gasteiger partial charge in [0.15, 0.2) is 0 Å². The Morgan fingerprint density at radius 2 is 1.76 bits per heavy atom. The maximum absolute atomic E-state index is 13.4. The van der Waals surface area contributed by atoms with Crippen LogP contribution in [0.15, 0.2) is 47.4 Å². The fourth-order valence-corrected chi connectivity index (χ4v) is 2.76. The molecule has 0 radical (unpaired) electrons. The highest BCUT2D eigenvalue weighted by molar-refractivity contribution is 7.92. The Bertz CT molecular complexity index is 786. The van der Waals surface area contributed by atoms with E-state index in [0.717, 1.165) is 17.7 Å². The molecule has 0 bridgehead atoms. The third kappa shape index (κ3) is 3.57. The lowest BCUT2D eigenvalue weighted by molar-refractivity contribution is 0.1000. The van der Waals surface area contributed by atoms with Gasteiger partial charge in [-0.2, -0.15) is 0 Å². The van der Waals surface area contributed by atoms with Crippen LogP contribution in [0.25, 0.3) is 0 Å². The van der Waals surface area contributed by atoms with Crippen LogP contribution in [0.1, 0.15) is 15.9 Å². The summed E-state index contributed by atoms with van der Waals surface area (Å²) < 4.78 is 39.9. The van der Waals surface area contributed by atoms with Gasteiger partial charge < -0.3 is 5.73 Å². The van der Waals surface area contributed by atoms with E-state index in [9.17, 15) is 17.6 Å². The van der Waals surface area contributed by atoms with Crippen LogP contribution in [-0.2, 0) is 10.0 Å². The Labute approximate surface area is 121 Å². The van der Waals surface area contributed by atoms with E-state index < -0.39 is 21.7 Å². The number of primary amides is 1. The SMILES string of the molecule is Cc1ccc(S(=O)(=O)Nc2cc(F)cc(C(N)=O)c2)cc1. The quantitative estimate of drug-likeness (QED) is 0.905. The molecule has 2 rings (SSSR count). The second kappa shape index (κ2) is 5.53. The lowest BCUT2D eigenvalue weighted by atomic mass is 10.2. The molecule has 21 heavy (non-hydrogen) atoms. The number of carbonyl (C=O) groups excluding carboxylic acids is 1. The lowest BCUT2D eigenvalue weighted by Gasteiger charge is -2.09. The van der Waals surface area contributed by atoms with E-state index in [-0.39, 0.29) is 16.1 Å². The Morgan fingerprint density at radius 1 is 1.14 bits per heavy atom. The van der Waals surface area contributed by atoms with Crippen LogP contribution >= 0.6 is 0 Å². The summed E-state index contributed by atoms with van der Waals surface area (Å²) in [7, 11) is -3.86. The molecule has 2 aromatic carbocycles. The molecule has 0 saturated carbocycles. The smallest absolute Gasteiger partial charge is 0.261 e. The molecule has 0 saturated heterocycles. The van der Waals surface area contributed by atoms with Gasteiger partial charge in [-0.1, -0.05) is 17.7 Å². The molecule has 0 aliphatic carbocycles. The average Bonchev–Trinajstić information content (AvgIpc) is 2.37. The minimum Gasteiger partial charge on any atom is -0.366 e. The molecule has 1 amide bonds. The van der Waals surface area contributed by atoms with Crippen LogP contribution < -0.4 is 10.5 Å². The first kappa shape index (κ1) is 15.0. The van der Waals surface area contributed by atoms with Crippen LogP contribution in [0.2, 0.25) is 0 Å². The first-order valence-electron chi connectivity index (χ1n) is 5.98. The van der Waals surface area contributed by atoms with E-state index in [2.05, 4.69) is 4.72 Å². The predicted octanol–water partition coefficient (Wildman–Crippen LogP) is 2.03. The maximum atomic E-state index is 13.4. The number of rotatable bonds is 4. The molecule has 0 heterocycles. The molecule has 3 N–H and O–H groups in total. The lowest BCUT2D eigenvalue weighted by Crippen LogP contribution is -2.15. The highest BCUT2D eigenvalue weighted by Crippen LogP contribution is 2.19. The predicted molar refractivity (Wildman–Crippen MR) is 76.9 cm³/mol. The molecule has 0 aliphatic heterocycles. The normalized spacial score (nSPS) is 11.1. The van der Waals surface area contributed by atoms with Gasteiger partial charge in [0.25, 0.3) is 10.0 Å². The van der Waals surface area contributed by atoms with Crippen LogP contribution in [0.5, 0.6) is 0 Å². The highest BCUT2D eigenvalue weighted by Gasteiger charge is 2.15. The summed E-state index contributed by atoms with van der Waals surface area (Å²) in [6.45, 7) is 1.83. The van der Waals surface area contributed by atoms with E-state index >= 15 is 0 Å². The van der Waals surface area contributed by atoms with E-state index in [0.29, 0.717) is 0 Å². The maximum Gasteiger partial charge on any atom is 0.261 e. The van der Waals surface area contributed by atoms with E-state index in [1.165, 1.54) is 18.2 Å². The summed E-state index contributed by atoms with van der Waals surface area (Å²) in [4.78, 5) is 11.1. The third-order valence-electron chi connectivity index (χ3n) is 2.77. The van der Waals surface area contributed by atoms with Crippen LogP contribution in [-0.4, -0.2) is 14.3 Å². The molecule has 0 spiro atoms. The van der Waals surface area contributed by atoms with Gasteiger partial charge in [0, 0.05) is 5.56 Å². The number of halogens is 1. The monoisotopic (exact) mass is 308 g/mol. The van der Waals surface area contributed by atoms with Crippen molar-refractivity contribution >= 4 is 21.6 Å². The van der Waals surface area contributed by atoms with Crippen molar-refractivity contribution in [2.24, 2.45) is 5.73 Å². The summed E-state index contributed by atoms with van der Waals surface area (Å²) in [6, 6.07) is 9.25. The second-order valence-electron chi connectivity index (χ2n) is 4.51. The van der Waals surface area contributed by atoms with Gasteiger partial charge in [-0.05, 0) is 37.3 Å². The summed E-state index contributed by atoms with van der Waals surface area (Å²) in [5.41, 5.74) is 5.79. The van der Waals surface area contributed by atoms with E-state index in [1.807, 2.05) is 6.92 Å². The Kier molecular flexibility index (Phi) is 3.95. The number of nitrogens with one attached hydrogen (secondary N) is 1. The van der Waals surface area contributed by atoms with Crippen molar-refractivity contribution in [1.29, 1.82) is 0 Å². The molecule has 0 aromatic heterocycles. The van der Waals surface area contributed by atoms with Gasteiger partial charge in [-0.3, -0.25) is 9.52 Å².